The third kappa shape index (κ3) is 3.20. The van der Waals surface area contributed by atoms with Gasteiger partial charge in [0.05, 0.1) is 4.47 Å². The highest BCUT2D eigenvalue weighted by Gasteiger charge is 2.13. The first-order valence-electron chi connectivity index (χ1n) is 5.45. The van der Waals surface area contributed by atoms with Gasteiger partial charge in [-0.05, 0) is 54.8 Å². The normalized spacial score (nSPS) is 10.8. The first kappa shape index (κ1) is 12.5. The van der Waals surface area contributed by atoms with Gasteiger partial charge in [-0.1, -0.05) is 6.92 Å². The van der Waals surface area contributed by atoms with Crippen molar-refractivity contribution in [3.05, 3.63) is 22.3 Å². The molecule has 15 heavy (non-hydrogen) atoms. The second-order valence-electron chi connectivity index (χ2n) is 4.11. The second kappa shape index (κ2) is 5.50. The van der Waals surface area contributed by atoms with Crippen molar-refractivity contribution in [2.75, 3.05) is 11.4 Å². The largest absolute Gasteiger partial charge is 0.353 e. The number of anilines is 1. The monoisotopic (exact) mass is 270 g/mol. The predicted molar refractivity (Wildman–Crippen MR) is 69.4 cm³/mol. The van der Waals surface area contributed by atoms with Gasteiger partial charge >= 0.3 is 0 Å². The molecule has 0 aliphatic rings. The Balaban J connectivity index is 3.00. The van der Waals surface area contributed by atoms with Crippen molar-refractivity contribution >= 4 is 21.7 Å². The number of pyridine rings is 1. The molecule has 0 unspecified atom stereocenters. The highest BCUT2D eigenvalue weighted by Crippen LogP contribution is 2.26. The lowest BCUT2D eigenvalue weighted by molar-refractivity contribution is 0.660. The molecule has 0 atom stereocenters. The van der Waals surface area contributed by atoms with E-state index in [0.29, 0.717) is 6.04 Å². The van der Waals surface area contributed by atoms with Gasteiger partial charge in [0.15, 0.2) is 0 Å². The fraction of sp³-hybridized carbons (Fsp3) is 0.583. The molecule has 1 aromatic rings. The summed E-state index contributed by atoms with van der Waals surface area (Å²) in [5.41, 5.74) is 1.19. The van der Waals surface area contributed by atoms with Gasteiger partial charge in [-0.2, -0.15) is 0 Å². The Kier molecular flexibility index (Phi) is 4.58. The van der Waals surface area contributed by atoms with Crippen molar-refractivity contribution in [3.8, 4) is 0 Å². The van der Waals surface area contributed by atoms with E-state index in [2.05, 4.69) is 59.6 Å². The topological polar surface area (TPSA) is 16.1 Å². The minimum Gasteiger partial charge on any atom is -0.353 e. The highest BCUT2D eigenvalue weighted by atomic mass is 79.9. The zero-order chi connectivity index (χ0) is 11.4. The number of rotatable bonds is 4. The molecule has 0 saturated heterocycles. The zero-order valence-corrected chi connectivity index (χ0v) is 11.5. The van der Waals surface area contributed by atoms with E-state index in [1.54, 1.807) is 0 Å². The van der Waals surface area contributed by atoms with E-state index in [4.69, 9.17) is 0 Å². The molecule has 0 fully saturated rings. The molecule has 0 aliphatic carbocycles. The second-order valence-corrected chi connectivity index (χ2v) is 4.96. The van der Waals surface area contributed by atoms with Crippen LogP contribution in [0.5, 0.6) is 0 Å². The SMILES string of the molecule is CCCN(c1ncc(C)cc1Br)C(C)C. The molecule has 1 aromatic heterocycles. The quantitative estimate of drug-likeness (QED) is 0.828. The Hall–Kier alpha value is -0.570. The van der Waals surface area contributed by atoms with E-state index >= 15 is 0 Å². The van der Waals surface area contributed by atoms with Crippen molar-refractivity contribution in [2.45, 2.75) is 40.2 Å². The van der Waals surface area contributed by atoms with E-state index in [9.17, 15) is 0 Å². The molecule has 0 aliphatic heterocycles. The fourth-order valence-corrected chi connectivity index (χ4v) is 2.28. The summed E-state index contributed by atoms with van der Waals surface area (Å²) < 4.78 is 1.09. The van der Waals surface area contributed by atoms with Crippen molar-refractivity contribution in [3.63, 3.8) is 0 Å². The van der Waals surface area contributed by atoms with E-state index < -0.39 is 0 Å². The van der Waals surface area contributed by atoms with E-state index in [1.807, 2.05) is 6.20 Å². The fourth-order valence-electron chi connectivity index (χ4n) is 1.59. The van der Waals surface area contributed by atoms with Gasteiger partial charge in [-0.15, -0.1) is 0 Å². The summed E-state index contributed by atoms with van der Waals surface area (Å²) in [5.74, 6) is 1.05. The summed E-state index contributed by atoms with van der Waals surface area (Å²) in [6, 6.07) is 2.60. The average molecular weight is 271 g/mol. The minimum absolute atomic E-state index is 0.483. The number of hydrogen-bond donors (Lipinski definition) is 0. The maximum Gasteiger partial charge on any atom is 0.143 e. The molecule has 0 N–H and O–H groups in total. The molecule has 0 radical (unpaired) electrons. The van der Waals surface area contributed by atoms with Gasteiger partial charge in [0.1, 0.15) is 5.82 Å². The molecule has 1 rings (SSSR count). The average Bonchev–Trinajstić information content (AvgIpc) is 2.15. The number of aromatic nitrogens is 1. The van der Waals surface area contributed by atoms with Crippen LogP contribution in [0.3, 0.4) is 0 Å². The number of hydrogen-bond acceptors (Lipinski definition) is 2. The van der Waals surface area contributed by atoms with Crippen LogP contribution >= 0.6 is 15.9 Å². The first-order valence-corrected chi connectivity index (χ1v) is 6.24. The summed E-state index contributed by atoms with van der Waals surface area (Å²) in [7, 11) is 0. The standard InChI is InChI=1S/C12H19BrN2/c1-5-6-15(9(2)3)12-11(13)7-10(4)8-14-12/h7-9H,5-6H2,1-4H3. The van der Waals surface area contributed by atoms with Crippen LogP contribution in [0.25, 0.3) is 0 Å². The van der Waals surface area contributed by atoms with Gasteiger partial charge in [0, 0.05) is 18.8 Å². The van der Waals surface area contributed by atoms with Gasteiger partial charge in [0.2, 0.25) is 0 Å². The Morgan fingerprint density at radius 3 is 2.60 bits per heavy atom. The molecule has 0 spiro atoms. The van der Waals surface area contributed by atoms with Crippen molar-refractivity contribution < 1.29 is 0 Å². The molecule has 1 heterocycles. The smallest absolute Gasteiger partial charge is 0.143 e. The third-order valence-electron chi connectivity index (χ3n) is 2.32. The lowest BCUT2D eigenvalue weighted by atomic mass is 10.2. The number of halogens is 1. The Bertz CT molecular complexity index is 323. The first-order chi connectivity index (χ1) is 7.06. The molecule has 2 nitrogen and oxygen atoms in total. The van der Waals surface area contributed by atoms with Crippen molar-refractivity contribution in [1.82, 2.24) is 4.98 Å². The van der Waals surface area contributed by atoms with Crippen molar-refractivity contribution in [1.29, 1.82) is 0 Å². The Morgan fingerprint density at radius 1 is 1.47 bits per heavy atom. The maximum atomic E-state index is 4.50. The third-order valence-corrected chi connectivity index (χ3v) is 2.90. The Labute approximate surface area is 101 Å². The van der Waals surface area contributed by atoms with Crippen molar-refractivity contribution in [2.24, 2.45) is 0 Å². The summed E-state index contributed by atoms with van der Waals surface area (Å²) in [6.07, 6.45) is 3.06. The molecule has 0 aromatic carbocycles. The van der Waals surface area contributed by atoms with Crippen LogP contribution in [0.2, 0.25) is 0 Å². The lowest BCUT2D eigenvalue weighted by Crippen LogP contribution is -2.32. The summed E-state index contributed by atoms with van der Waals surface area (Å²) in [5, 5.41) is 0. The van der Waals surface area contributed by atoms with E-state index in [0.717, 1.165) is 23.3 Å². The molecule has 84 valence electrons. The molecule has 0 amide bonds. The number of nitrogens with zero attached hydrogens (tertiary/aromatic N) is 2. The molecule has 3 heteroatoms. The minimum atomic E-state index is 0.483. The summed E-state index contributed by atoms with van der Waals surface area (Å²) >= 11 is 3.58. The summed E-state index contributed by atoms with van der Waals surface area (Å²) in [6.45, 7) is 9.69. The highest BCUT2D eigenvalue weighted by molar-refractivity contribution is 9.10. The van der Waals surface area contributed by atoms with Crippen LogP contribution in [0.15, 0.2) is 16.7 Å². The van der Waals surface area contributed by atoms with Gasteiger partial charge in [-0.3, -0.25) is 0 Å². The van der Waals surface area contributed by atoms with Crippen LogP contribution in [-0.2, 0) is 0 Å². The van der Waals surface area contributed by atoms with Gasteiger partial charge in [-0.25, -0.2) is 4.98 Å². The molecular formula is C12H19BrN2. The van der Waals surface area contributed by atoms with Crippen LogP contribution < -0.4 is 4.90 Å². The van der Waals surface area contributed by atoms with Crippen LogP contribution in [0, 0.1) is 6.92 Å². The predicted octanol–water partition coefficient (Wildman–Crippen LogP) is 3.78. The van der Waals surface area contributed by atoms with Crippen LogP contribution in [0.1, 0.15) is 32.8 Å². The molecule has 0 bridgehead atoms. The summed E-state index contributed by atoms with van der Waals surface area (Å²) in [4.78, 5) is 6.82. The lowest BCUT2D eigenvalue weighted by Gasteiger charge is -2.28. The molecule has 0 saturated carbocycles. The number of aryl methyl sites for hydroxylation is 1. The Morgan fingerprint density at radius 2 is 2.13 bits per heavy atom. The van der Waals surface area contributed by atoms with Crippen LogP contribution in [-0.4, -0.2) is 17.6 Å². The van der Waals surface area contributed by atoms with Gasteiger partial charge in [0.25, 0.3) is 0 Å². The zero-order valence-electron chi connectivity index (χ0n) is 9.92. The van der Waals surface area contributed by atoms with Crippen LogP contribution in [0.4, 0.5) is 5.82 Å². The molecular weight excluding hydrogens is 252 g/mol. The van der Waals surface area contributed by atoms with E-state index in [1.165, 1.54) is 5.56 Å². The van der Waals surface area contributed by atoms with Gasteiger partial charge < -0.3 is 4.90 Å². The van der Waals surface area contributed by atoms with E-state index in [-0.39, 0.29) is 0 Å². The maximum absolute atomic E-state index is 4.50.